The Morgan fingerprint density at radius 1 is 1.05 bits per heavy atom. The van der Waals surface area contributed by atoms with Crippen molar-refractivity contribution in [3.05, 3.63) is 84.7 Å². The number of benzene rings is 2. The topological polar surface area (TPSA) is 130 Å². The van der Waals surface area contributed by atoms with Crippen molar-refractivity contribution in [2.45, 2.75) is 25.8 Å². The Morgan fingerprint density at radius 3 is 2.59 bits per heavy atom. The Kier molecular flexibility index (Phi) is 9.23. The summed E-state index contributed by atoms with van der Waals surface area (Å²) in [6, 6.07) is 19.2. The Hall–Kier alpha value is -4.73. The van der Waals surface area contributed by atoms with Crippen LogP contribution in [0, 0.1) is 5.92 Å². The van der Waals surface area contributed by atoms with Gasteiger partial charge in [0.1, 0.15) is 0 Å². The summed E-state index contributed by atoms with van der Waals surface area (Å²) >= 11 is 0. The molecule has 1 aliphatic heterocycles. The predicted molar refractivity (Wildman–Crippen MR) is 147 cm³/mol. The molecule has 2 heterocycles. The van der Waals surface area contributed by atoms with Gasteiger partial charge in [0, 0.05) is 42.4 Å². The van der Waals surface area contributed by atoms with Crippen molar-refractivity contribution in [3.63, 3.8) is 0 Å². The van der Waals surface area contributed by atoms with Gasteiger partial charge < -0.3 is 25.6 Å². The SMILES string of the molecule is CCOC(=O)CC(NC(=O)C1CC(=O)N(c2cccc(NCC(=O)Nc3ccccc3)c2)C1)c1cccnc1. The minimum absolute atomic E-state index is 0.0405. The maximum absolute atomic E-state index is 13.2. The lowest BCUT2D eigenvalue weighted by Crippen LogP contribution is -2.36. The molecular weight excluding hydrogens is 498 g/mol. The summed E-state index contributed by atoms with van der Waals surface area (Å²) in [5, 5.41) is 8.79. The summed E-state index contributed by atoms with van der Waals surface area (Å²) in [6.07, 6.45) is 3.21. The number of carbonyl (C=O) groups is 4. The molecule has 2 unspecified atom stereocenters. The number of nitrogens with one attached hydrogen (secondary N) is 3. The van der Waals surface area contributed by atoms with Crippen molar-refractivity contribution in [1.82, 2.24) is 10.3 Å². The number of hydrogen-bond donors (Lipinski definition) is 3. The van der Waals surface area contributed by atoms with Crippen LogP contribution in [0.15, 0.2) is 79.1 Å². The van der Waals surface area contributed by atoms with Gasteiger partial charge in [-0.25, -0.2) is 0 Å². The first kappa shape index (κ1) is 27.3. The number of pyridine rings is 1. The molecule has 3 aromatic rings. The molecular formula is C29H31N5O5. The van der Waals surface area contributed by atoms with Gasteiger partial charge in [-0.05, 0) is 48.9 Å². The van der Waals surface area contributed by atoms with Crippen LogP contribution in [0.1, 0.15) is 31.4 Å². The van der Waals surface area contributed by atoms with Crippen LogP contribution in [-0.4, -0.2) is 48.4 Å². The zero-order valence-corrected chi connectivity index (χ0v) is 21.6. The number of para-hydroxylation sites is 1. The first-order chi connectivity index (χ1) is 18.9. The van der Waals surface area contributed by atoms with Crippen LogP contribution in [0.3, 0.4) is 0 Å². The maximum atomic E-state index is 13.2. The van der Waals surface area contributed by atoms with E-state index in [1.165, 1.54) is 0 Å². The summed E-state index contributed by atoms with van der Waals surface area (Å²) < 4.78 is 5.06. The van der Waals surface area contributed by atoms with Crippen LogP contribution in [0.25, 0.3) is 0 Å². The van der Waals surface area contributed by atoms with Crippen LogP contribution in [0.2, 0.25) is 0 Å². The number of anilines is 3. The van der Waals surface area contributed by atoms with E-state index < -0.39 is 17.9 Å². The standard InChI is InChI=1S/C29H31N5O5/c1-2-39-28(37)16-25(20-8-7-13-30-17-20)33-29(38)21-14-27(36)34(19-21)24-12-6-11-23(15-24)31-18-26(35)32-22-9-4-3-5-10-22/h3-13,15,17,21,25,31H,2,14,16,18-19H2,1H3,(H,32,35)(H,33,38). The van der Waals surface area contributed by atoms with E-state index in [0.29, 0.717) is 22.6 Å². The Labute approximate surface area is 226 Å². The smallest absolute Gasteiger partial charge is 0.308 e. The number of nitrogens with zero attached hydrogens (tertiary/aromatic N) is 2. The van der Waals surface area contributed by atoms with Gasteiger partial charge in [0.25, 0.3) is 0 Å². The van der Waals surface area contributed by atoms with Gasteiger partial charge in [-0.15, -0.1) is 0 Å². The van der Waals surface area contributed by atoms with E-state index in [1.54, 1.807) is 72.7 Å². The fourth-order valence-electron chi connectivity index (χ4n) is 4.34. The molecule has 39 heavy (non-hydrogen) atoms. The van der Waals surface area contributed by atoms with E-state index in [9.17, 15) is 19.2 Å². The minimum Gasteiger partial charge on any atom is -0.466 e. The monoisotopic (exact) mass is 529 g/mol. The number of ether oxygens (including phenoxy) is 1. The highest BCUT2D eigenvalue weighted by Crippen LogP contribution is 2.28. The predicted octanol–water partition coefficient (Wildman–Crippen LogP) is 3.30. The van der Waals surface area contributed by atoms with Crippen LogP contribution >= 0.6 is 0 Å². The number of carbonyl (C=O) groups excluding carboxylic acids is 4. The summed E-state index contributed by atoms with van der Waals surface area (Å²) in [5.41, 5.74) is 2.68. The van der Waals surface area contributed by atoms with Gasteiger partial charge in [0.15, 0.2) is 0 Å². The highest BCUT2D eigenvalue weighted by atomic mass is 16.5. The average molecular weight is 530 g/mol. The fraction of sp³-hybridized carbons (Fsp3) is 0.276. The molecule has 202 valence electrons. The van der Waals surface area contributed by atoms with E-state index >= 15 is 0 Å². The lowest BCUT2D eigenvalue weighted by molar-refractivity contribution is -0.144. The maximum Gasteiger partial charge on any atom is 0.308 e. The van der Waals surface area contributed by atoms with Gasteiger partial charge in [0.2, 0.25) is 17.7 Å². The van der Waals surface area contributed by atoms with Crippen molar-refractivity contribution >= 4 is 40.8 Å². The second-order valence-electron chi connectivity index (χ2n) is 9.08. The highest BCUT2D eigenvalue weighted by molar-refractivity contribution is 6.01. The number of amides is 3. The molecule has 0 saturated carbocycles. The Balaban J connectivity index is 1.36. The first-order valence-electron chi connectivity index (χ1n) is 12.8. The van der Waals surface area contributed by atoms with Gasteiger partial charge in [-0.3, -0.25) is 24.2 Å². The molecule has 4 rings (SSSR count). The molecule has 2 aromatic carbocycles. The Morgan fingerprint density at radius 2 is 1.85 bits per heavy atom. The number of esters is 1. The molecule has 10 nitrogen and oxygen atoms in total. The fourth-order valence-corrected chi connectivity index (χ4v) is 4.34. The summed E-state index contributed by atoms with van der Waals surface area (Å²) in [7, 11) is 0. The number of hydrogen-bond acceptors (Lipinski definition) is 7. The normalized spacial score (nSPS) is 15.4. The van der Waals surface area contributed by atoms with E-state index in [2.05, 4.69) is 20.9 Å². The molecule has 3 amide bonds. The van der Waals surface area contributed by atoms with Crippen molar-refractivity contribution in [1.29, 1.82) is 0 Å². The van der Waals surface area contributed by atoms with E-state index in [-0.39, 0.29) is 50.3 Å². The van der Waals surface area contributed by atoms with Gasteiger partial charge in [0.05, 0.1) is 31.5 Å². The lowest BCUT2D eigenvalue weighted by Gasteiger charge is -2.21. The Bertz CT molecular complexity index is 1300. The molecule has 1 fully saturated rings. The minimum atomic E-state index is -0.621. The highest BCUT2D eigenvalue weighted by Gasteiger charge is 2.36. The van der Waals surface area contributed by atoms with Crippen LogP contribution < -0.4 is 20.9 Å². The summed E-state index contributed by atoms with van der Waals surface area (Å²) in [5.74, 6) is -1.73. The molecule has 0 aliphatic carbocycles. The van der Waals surface area contributed by atoms with Crippen LogP contribution in [0.4, 0.5) is 17.1 Å². The first-order valence-corrected chi connectivity index (χ1v) is 12.8. The lowest BCUT2D eigenvalue weighted by atomic mass is 10.0. The number of aromatic nitrogens is 1. The van der Waals surface area contributed by atoms with Gasteiger partial charge >= 0.3 is 5.97 Å². The molecule has 10 heteroatoms. The third-order valence-corrected chi connectivity index (χ3v) is 6.24. The molecule has 2 atom stereocenters. The van der Waals surface area contributed by atoms with E-state index in [1.807, 2.05) is 18.2 Å². The molecule has 1 aromatic heterocycles. The molecule has 1 saturated heterocycles. The van der Waals surface area contributed by atoms with Crippen molar-refractivity contribution < 1.29 is 23.9 Å². The second-order valence-corrected chi connectivity index (χ2v) is 9.08. The van der Waals surface area contributed by atoms with Crippen LogP contribution in [-0.2, 0) is 23.9 Å². The average Bonchev–Trinajstić information content (AvgIpc) is 3.34. The third-order valence-electron chi connectivity index (χ3n) is 6.24. The molecule has 0 spiro atoms. The zero-order valence-electron chi connectivity index (χ0n) is 21.6. The quantitative estimate of drug-likeness (QED) is 0.325. The summed E-state index contributed by atoms with van der Waals surface area (Å²) in [4.78, 5) is 56.1. The molecule has 0 radical (unpaired) electrons. The van der Waals surface area contributed by atoms with Crippen molar-refractivity contribution in [2.24, 2.45) is 5.92 Å². The van der Waals surface area contributed by atoms with E-state index in [4.69, 9.17) is 4.74 Å². The van der Waals surface area contributed by atoms with Crippen molar-refractivity contribution in [3.8, 4) is 0 Å². The zero-order chi connectivity index (χ0) is 27.6. The van der Waals surface area contributed by atoms with Crippen molar-refractivity contribution in [2.75, 3.05) is 35.2 Å². The largest absolute Gasteiger partial charge is 0.466 e. The third kappa shape index (κ3) is 7.64. The molecule has 0 bridgehead atoms. The second kappa shape index (κ2) is 13.2. The molecule has 1 aliphatic rings. The number of rotatable bonds is 11. The van der Waals surface area contributed by atoms with E-state index in [0.717, 1.165) is 0 Å². The van der Waals surface area contributed by atoms with Crippen LogP contribution in [0.5, 0.6) is 0 Å². The summed E-state index contributed by atoms with van der Waals surface area (Å²) in [6.45, 7) is 2.21. The van der Waals surface area contributed by atoms with Gasteiger partial charge in [-0.1, -0.05) is 30.3 Å². The van der Waals surface area contributed by atoms with Gasteiger partial charge in [-0.2, -0.15) is 0 Å². The molecule has 3 N–H and O–H groups in total.